The summed E-state index contributed by atoms with van der Waals surface area (Å²) >= 11 is 15.2. The van der Waals surface area contributed by atoms with Gasteiger partial charge in [0.25, 0.3) is 0 Å². The second-order valence-electron chi connectivity index (χ2n) is 12.8. The van der Waals surface area contributed by atoms with Gasteiger partial charge >= 0.3 is 5.97 Å². The van der Waals surface area contributed by atoms with Crippen molar-refractivity contribution in [3.8, 4) is 0 Å². The van der Waals surface area contributed by atoms with Gasteiger partial charge in [-0.2, -0.15) is 0 Å². The molecule has 9 heteroatoms. The fraction of sp³-hybridized carbons (Fsp3) is 0.263. The van der Waals surface area contributed by atoms with Gasteiger partial charge in [-0.05, 0) is 58.0 Å². The molecule has 4 aromatic carbocycles. The van der Waals surface area contributed by atoms with E-state index in [1.807, 2.05) is 92.7 Å². The standard InChI is InChI=1S/C38H32Cl2N2O5/c1-22(2)21-47-36(46)24-16-18-25(19-17-24)41-33(43)30(20-23-10-4-3-5-11-23)42-34(44)31-32(35(42)45)38(40)27-13-7-6-12-26(27)37(31,39)28-14-8-9-15-29(28)38/h3-19,22,30-32H,20-21H2,1-2H3,(H,41,43)/t30-,31+,32+,37?,38?/m0/s1. The van der Waals surface area contributed by atoms with Gasteiger partial charge in [0.2, 0.25) is 17.7 Å². The van der Waals surface area contributed by atoms with Gasteiger partial charge in [0, 0.05) is 12.1 Å². The summed E-state index contributed by atoms with van der Waals surface area (Å²) in [7, 11) is 0. The van der Waals surface area contributed by atoms with Crippen molar-refractivity contribution in [1.29, 1.82) is 0 Å². The lowest BCUT2D eigenvalue weighted by atomic mass is 9.54. The summed E-state index contributed by atoms with van der Waals surface area (Å²) in [5, 5.41) is 2.87. The third kappa shape index (κ3) is 4.78. The summed E-state index contributed by atoms with van der Waals surface area (Å²) in [5.41, 5.74) is 4.26. The minimum atomic E-state index is -1.36. The molecule has 1 aliphatic heterocycles. The number of benzene rings is 4. The van der Waals surface area contributed by atoms with E-state index in [4.69, 9.17) is 27.9 Å². The van der Waals surface area contributed by atoms with E-state index >= 15 is 0 Å². The van der Waals surface area contributed by atoms with Crippen molar-refractivity contribution in [1.82, 2.24) is 4.90 Å². The van der Waals surface area contributed by atoms with Crippen LogP contribution in [0, 0.1) is 17.8 Å². The van der Waals surface area contributed by atoms with E-state index in [0.717, 1.165) is 10.5 Å². The number of nitrogens with zero attached hydrogens (tertiary/aromatic N) is 1. The van der Waals surface area contributed by atoms with E-state index in [-0.39, 0.29) is 12.3 Å². The number of alkyl halides is 2. The molecule has 2 bridgehead atoms. The van der Waals surface area contributed by atoms with E-state index in [2.05, 4.69) is 5.32 Å². The molecule has 0 spiro atoms. The van der Waals surface area contributed by atoms with Crippen molar-refractivity contribution in [2.45, 2.75) is 36.1 Å². The van der Waals surface area contributed by atoms with Crippen LogP contribution in [0.2, 0.25) is 0 Å². The zero-order chi connectivity index (χ0) is 33.1. The minimum absolute atomic E-state index is 0.0771. The molecule has 8 rings (SSSR count). The highest BCUT2D eigenvalue weighted by molar-refractivity contribution is 6.36. The number of hydrogen-bond donors (Lipinski definition) is 1. The molecule has 4 aliphatic rings. The number of rotatable bonds is 8. The molecule has 3 aliphatic carbocycles. The summed E-state index contributed by atoms with van der Waals surface area (Å²) in [6.07, 6.45) is 0.0771. The SMILES string of the molecule is CC(C)COC(=O)c1ccc(NC(=O)[C@H](Cc2ccccc2)N2C(=O)[C@H]3[C@H](C2=O)C2(Cl)c4ccccc4C3(Cl)c3ccccc32)cc1. The molecule has 238 valence electrons. The Balaban J connectivity index is 1.26. The van der Waals surface area contributed by atoms with Gasteiger partial charge in [-0.25, -0.2) is 4.79 Å². The van der Waals surface area contributed by atoms with E-state index < -0.39 is 51.3 Å². The van der Waals surface area contributed by atoms with Crippen LogP contribution >= 0.6 is 23.2 Å². The van der Waals surface area contributed by atoms with Crippen LogP contribution in [0.3, 0.4) is 0 Å². The number of amides is 3. The van der Waals surface area contributed by atoms with Crippen LogP contribution in [0.5, 0.6) is 0 Å². The maximum absolute atomic E-state index is 14.7. The van der Waals surface area contributed by atoms with Crippen LogP contribution in [0.15, 0.2) is 103 Å². The number of carbonyl (C=O) groups excluding carboxylic acids is 4. The quantitative estimate of drug-likeness (QED) is 0.129. The number of ether oxygens (including phenoxy) is 1. The largest absolute Gasteiger partial charge is 0.462 e. The number of likely N-dealkylation sites (tertiary alicyclic amines) is 1. The fourth-order valence-electron chi connectivity index (χ4n) is 7.38. The molecular formula is C38H32Cl2N2O5. The van der Waals surface area contributed by atoms with Gasteiger partial charge < -0.3 is 10.1 Å². The second-order valence-corrected chi connectivity index (χ2v) is 14.0. The summed E-state index contributed by atoms with van der Waals surface area (Å²) in [6.45, 7) is 4.19. The molecule has 47 heavy (non-hydrogen) atoms. The highest BCUT2D eigenvalue weighted by atomic mass is 35.5. The molecular weight excluding hydrogens is 635 g/mol. The van der Waals surface area contributed by atoms with Crippen LogP contribution in [0.1, 0.15) is 52.0 Å². The first kappa shape index (κ1) is 31.2. The Hall–Kier alpha value is -4.46. The van der Waals surface area contributed by atoms with Crippen molar-refractivity contribution in [2.24, 2.45) is 17.8 Å². The highest BCUT2D eigenvalue weighted by Crippen LogP contribution is 2.69. The van der Waals surface area contributed by atoms with Gasteiger partial charge in [0.15, 0.2) is 0 Å². The lowest BCUT2D eigenvalue weighted by Crippen LogP contribution is -2.57. The first-order valence-electron chi connectivity index (χ1n) is 15.6. The molecule has 4 aromatic rings. The number of esters is 1. The molecule has 3 atom stereocenters. The second kappa shape index (κ2) is 11.7. The number of halogens is 2. The first-order chi connectivity index (χ1) is 22.6. The summed E-state index contributed by atoms with van der Waals surface area (Å²) < 4.78 is 5.31. The molecule has 0 radical (unpaired) electrons. The first-order valence-corrected chi connectivity index (χ1v) is 16.4. The van der Waals surface area contributed by atoms with Gasteiger partial charge in [-0.1, -0.05) is 92.7 Å². The van der Waals surface area contributed by atoms with Gasteiger partial charge in [0.05, 0.1) is 24.0 Å². The smallest absolute Gasteiger partial charge is 0.338 e. The van der Waals surface area contributed by atoms with Crippen LogP contribution in [-0.4, -0.2) is 41.2 Å². The Morgan fingerprint density at radius 1 is 0.745 bits per heavy atom. The lowest BCUT2D eigenvalue weighted by molar-refractivity contribution is -0.146. The molecule has 7 nitrogen and oxygen atoms in total. The van der Waals surface area contributed by atoms with Gasteiger partial charge in [-0.15, -0.1) is 23.2 Å². The topological polar surface area (TPSA) is 92.8 Å². The number of nitrogens with one attached hydrogen (secondary N) is 1. The predicted molar refractivity (Wildman–Crippen MR) is 179 cm³/mol. The molecule has 1 heterocycles. The average Bonchev–Trinajstić information content (AvgIpc) is 3.36. The molecule has 3 amide bonds. The van der Waals surface area contributed by atoms with Crippen LogP contribution in [0.4, 0.5) is 5.69 Å². The average molecular weight is 668 g/mol. The normalized spacial score (nSPS) is 24.4. The van der Waals surface area contributed by atoms with E-state index in [9.17, 15) is 19.2 Å². The molecule has 1 saturated heterocycles. The maximum atomic E-state index is 14.7. The van der Waals surface area contributed by atoms with Crippen molar-refractivity contribution >= 4 is 52.6 Å². The Morgan fingerprint density at radius 2 is 1.21 bits per heavy atom. The molecule has 0 saturated carbocycles. The van der Waals surface area contributed by atoms with Crippen molar-refractivity contribution in [3.05, 3.63) is 137 Å². The zero-order valence-electron chi connectivity index (χ0n) is 25.8. The minimum Gasteiger partial charge on any atom is -0.462 e. The summed E-state index contributed by atoms with van der Waals surface area (Å²) in [4.78, 5) is 54.3. The molecule has 0 unspecified atom stereocenters. The van der Waals surface area contributed by atoms with Gasteiger partial charge in [0.1, 0.15) is 15.8 Å². The van der Waals surface area contributed by atoms with Gasteiger partial charge in [-0.3, -0.25) is 19.3 Å². The predicted octanol–water partition coefficient (Wildman–Crippen LogP) is 6.64. The van der Waals surface area contributed by atoms with Crippen LogP contribution in [0.25, 0.3) is 0 Å². The maximum Gasteiger partial charge on any atom is 0.338 e. The number of imide groups is 1. The highest BCUT2D eigenvalue weighted by Gasteiger charge is 2.73. The zero-order valence-corrected chi connectivity index (χ0v) is 27.3. The number of carbonyl (C=O) groups is 4. The van der Waals surface area contributed by atoms with Crippen molar-refractivity contribution < 1.29 is 23.9 Å². The Kier molecular flexibility index (Phi) is 7.72. The van der Waals surface area contributed by atoms with Crippen LogP contribution < -0.4 is 5.32 Å². The Labute approximate surface area is 282 Å². The van der Waals surface area contributed by atoms with E-state index in [1.165, 1.54) is 0 Å². The molecule has 1 N–H and O–H groups in total. The van der Waals surface area contributed by atoms with Crippen LogP contribution in [-0.2, 0) is 35.3 Å². The van der Waals surface area contributed by atoms with E-state index in [0.29, 0.717) is 40.1 Å². The Morgan fingerprint density at radius 3 is 1.68 bits per heavy atom. The van der Waals surface area contributed by atoms with Crippen molar-refractivity contribution in [3.63, 3.8) is 0 Å². The lowest BCUT2D eigenvalue weighted by Gasteiger charge is -2.54. The third-order valence-corrected chi connectivity index (χ3v) is 10.7. The molecule has 1 fully saturated rings. The number of hydrogen-bond acceptors (Lipinski definition) is 5. The Bertz CT molecular complexity index is 1790. The summed E-state index contributed by atoms with van der Waals surface area (Å²) in [5.74, 6) is -3.95. The number of anilines is 1. The third-order valence-electron chi connectivity index (χ3n) is 9.44. The monoisotopic (exact) mass is 666 g/mol. The summed E-state index contributed by atoms with van der Waals surface area (Å²) in [6, 6.07) is 29.2. The molecule has 0 aromatic heterocycles. The van der Waals surface area contributed by atoms with E-state index in [1.54, 1.807) is 24.3 Å². The fourth-order valence-corrected chi connectivity index (χ4v) is 8.47. The van der Waals surface area contributed by atoms with Crippen molar-refractivity contribution in [2.75, 3.05) is 11.9 Å².